The molecule has 1 aromatic heterocycles. The van der Waals surface area contributed by atoms with Crippen LogP contribution < -0.4 is 0 Å². The topological polar surface area (TPSA) is 25.2 Å². The Morgan fingerprint density at radius 1 is 1.48 bits per heavy atom. The van der Waals surface area contributed by atoms with E-state index in [9.17, 15) is 4.79 Å². The summed E-state index contributed by atoms with van der Waals surface area (Å²) < 4.78 is 2.15. The molecular weight excluding hydrogens is 260 g/mol. The lowest BCUT2D eigenvalue weighted by Crippen LogP contribution is -2.33. The van der Waals surface area contributed by atoms with Gasteiger partial charge in [0.05, 0.1) is 5.56 Å². The lowest BCUT2D eigenvalue weighted by atomic mass is 10.1. The van der Waals surface area contributed by atoms with Crippen LogP contribution in [0.5, 0.6) is 0 Å². The molecule has 0 N–H and O–H groups in total. The standard InChI is InChI=1S/C18H22N2O/c1-4-14-8-9-15-16(12-19(5-2)17(15)11-14)18(21)20-10-6-7-13(20)3/h4,8-9,11-13H,1,5-7,10H2,2-3H3. The summed E-state index contributed by atoms with van der Waals surface area (Å²) in [6, 6.07) is 6.53. The van der Waals surface area contributed by atoms with Gasteiger partial charge in [0.1, 0.15) is 0 Å². The average molecular weight is 282 g/mol. The summed E-state index contributed by atoms with van der Waals surface area (Å²) in [4.78, 5) is 14.9. The Kier molecular flexibility index (Phi) is 3.58. The maximum atomic E-state index is 12.8. The summed E-state index contributed by atoms with van der Waals surface area (Å²) in [6.45, 7) is 9.81. The highest BCUT2D eigenvalue weighted by Gasteiger charge is 2.28. The molecule has 0 spiro atoms. The molecule has 3 nitrogen and oxygen atoms in total. The van der Waals surface area contributed by atoms with Crippen LogP contribution in [0.15, 0.2) is 31.0 Å². The molecule has 0 radical (unpaired) electrons. The lowest BCUT2D eigenvalue weighted by molar-refractivity contribution is 0.0749. The monoisotopic (exact) mass is 282 g/mol. The first kappa shape index (κ1) is 13.9. The van der Waals surface area contributed by atoms with Crippen LogP contribution in [-0.4, -0.2) is 28.0 Å². The van der Waals surface area contributed by atoms with Crippen LogP contribution in [0.1, 0.15) is 42.6 Å². The zero-order valence-electron chi connectivity index (χ0n) is 12.8. The molecule has 0 aliphatic carbocycles. The molecule has 1 aliphatic heterocycles. The van der Waals surface area contributed by atoms with Gasteiger partial charge in [0.25, 0.3) is 5.91 Å². The quantitative estimate of drug-likeness (QED) is 0.837. The molecule has 110 valence electrons. The number of likely N-dealkylation sites (tertiary alicyclic amines) is 1. The molecule has 1 unspecified atom stereocenters. The van der Waals surface area contributed by atoms with Crippen LogP contribution in [0, 0.1) is 0 Å². The Morgan fingerprint density at radius 2 is 2.29 bits per heavy atom. The van der Waals surface area contributed by atoms with Crippen LogP contribution in [0.2, 0.25) is 0 Å². The van der Waals surface area contributed by atoms with Gasteiger partial charge in [0, 0.05) is 36.2 Å². The van der Waals surface area contributed by atoms with Crippen LogP contribution in [0.25, 0.3) is 17.0 Å². The molecule has 1 aliphatic rings. The normalized spacial score (nSPS) is 18.4. The van der Waals surface area contributed by atoms with Crippen molar-refractivity contribution >= 4 is 22.9 Å². The molecule has 1 saturated heterocycles. The summed E-state index contributed by atoms with van der Waals surface area (Å²) >= 11 is 0. The third-order valence-corrected chi connectivity index (χ3v) is 4.53. The van der Waals surface area contributed by atoms with Gasteiger partial charge in [-0.1, -0.05) is 24.8 Å². The third-order valence-electron chi connectivity index (χ3n) is 4.53. The van der Waals surface area contributed by atoms with Crippen molar-refractivity contribution in [2.24, 2.45) is 0 Å². The fourth-order valence-electron chi connectivity index (χ4n) is 3.26. The van der Waals surface area contributed by atoms with Crippen LogP contribution in [0.4, 0.5) is 0 Å². The van der Waals surface area contributed by atoms with Crippen LogP contribution in [-0.2, 0) is 6.54 Å². The first-order chi connectivity index (χ1) is 10.2. The number of benzene rings is 1. The minimum absolute atomic E-state index is 0.170. The van der Waals surface area contributed by atoms with E-state index >= 15 is 0 Å². The molecule has 3 rings (SSSR count). The molecule has 0 saturated carbocycles. The Bertz CT molecular complexity index is 699. The fourth-order valence-corrected chi connectivity index (χ4v) is 3.26. The van der Waals surface area contributed by atoms with Gasteiger partial charge in [-0.25, -0.2) is 0 Å². The van der Waals surface area contributed by atoms with Gasteiger partial charge < -0.3 is 9.47 Å². The smallest absolute Gasteiger partial charge is 0.256 e. The minimum atomic E-state index is 0.170. The number of hydrogen-bond donors (Lipinski definition) is 0. The Hall–Kier alpha value is -2.03. The van der Waals surface area contributed by atoms with Gasteiger partial charge in [-0.15, -0.1) is 0 Å². The van der Waals surface area contributed by atoms with Gasteiger partial charge in [-0.2, -0.15) is 0 Å². The number of amides is 1. The largest absolute Gasteiger partial charge is 0.347 e. The summed E-state index contributed by atoms with van der Waals surface area (Å²) in [7, 11) is 0. The SMILES string of the molecule is C=Cc1ccc2c(C(=O)N3CCCC3C)cn(CC)c2c1. The van der Waals surface area contributed by atoms with E-state index in [1.165, 1.54) is 0 Å². The average Bonchev–Trinajstić information content (AvgIpc) is 3.09. The molecule has 1 amide bonds. The van der Waals surface area contributed by atoms with Crippen molar-refractivity contribution in [2.75, 3.05) is 6.54 Å². The first-order valence-corrected chi connectivity index (χ1v) is 7.72. The molecule has 2 heterocycles. The minimum Gasteiger partial charge on any atom is -0.347 e. The number of rotatable bonds is 3. The van der Waals surface area contributed by atoms with Gasteiger partial charge >= 0.3 is 0 Å². The number of carbonyl (C=O) groups excluding carboxylic acids is 1. The number of aromatic nitrogens is 1. The molecule has 1 atom stereocenters. The van der Waals surface area contributed by atoms with Crippen molar-refractivity contribution in [1.82, 2.24) is 9.47 Å². The van der Waals surface area contributed by atoms with Gasteiger partial charge in [-0.3, -0.25) is 4.79 Å². The third kappa shape index (κ3) is 2.27. The van der Waals surface area contributed by atoms with Crippen molar-refractivity contribution in [3.05, 3.63) is 42.1 Å². The van der Waals surface area contributed by atoms with Crippen LogP contribution in [0.3, 0.4) is 0 Å². The second kappa shape index (κ2) is 5.40. The second-order valence-corrected chi connectivity index (χ2v) is 5.80. The molecule has 0 bridgehead atoms. The summed E-state index contributed by atoms with van der Waals surface area (Å²) in [5.74, 6) is 0.170. The van der Waals surface area contributed by atoms with Crippen molar-refractivity contribution in [3.8, 4) is 0 Å². The summed E-state index contributed by atoms with van der Waals surface area (Å²) in [5, 5.41) is 1.05. The lowest BCUT2D eigenvalue weighted by Gasteiger charge is -2.21. The molecule has 21 heavy (non-hydrogen) atoms. The Labute approximate surface area is 125 Å². The highest BCUT2D eigenvalue weighted by atomic mass is 16.2. The number of aryl methyl sites for hydroxylation is 1. The highest BCUT2D eigenvalue weighted by Crippen LogP contribution is 2.27. The zero-order valence-corrected chi connectivity index (χ0v) is 12.8. The summed E-state index contributed by atoms with van der Waals surface area (Å²) in [5.41, 5.74) is 3.03. The molecular formula is C18H22N2O. The number of nitrogens with zero attached hydrogens (tertiary/aromatic N) is 2. The first-order valence-electron chi connectivity index (χ1n) is 7.72. The van der Waals surface area contributed by atoms with Crippen molar-refractivity contribution < 1.29 is 4.79 Å². The van der Waals surface area contributed by atoms with Crippen molar-refractivity contribution in [1.29, 1.82) is 0 Å². The molecule has 1 aromatic carbocycles. The summed E-state index contributed by atoms with van der Waals surface area (Å²) in [6.07, 6.45) is 6.07. The van der Waals surface area contributed by atoms with Gasteiger partial charge in [0.2, 0.25) is 0 Å². The van der Waals surface area contributed by atoms with E-state index in [0.717, 1.165) is 48.0 Å². The maximum Gasteiger partial charge on any atom is 0.256 e. The van der Waals surface area contributed by atoms with E-state index in [-0.39, 0.29) is 5.91 Å². The second-order valence-electron chi connectivity index (χ2n) is 5.80. The van der Waals surface area contributed by atoms with Crippen molar-refractivity contribution in [2.45, 2.75) is 39.3 Å². The Balaban J connectivity index is 2.10. The zero-order chi connectivity index (χ0) is 15.0. The highest BCUT2D eigenvalue weighted by molar-refractivity contribution is 6.07. The van der Waals surface area contributed by atoms with E-state index in [2.05, 4.69) is 31.1 Å². The van der Waals surface area contributed by atoms with Gasteiger partial charge in [0.15, 0.2) is 0 Å². The molecule has 2 aromatic rings. The molecule has 1 fully saturated rings. The maximum absolute atomic E-state index is 12.8. The van der Waals surface area contributed by atoms with Crippen LogP contribution >= 0.6 is 0 Å². The number of fused-ring (bicyclic) bond motifs is 1. The van der Waals surface area contributed by atoms with E-state index < -0.39 is 0 Å². The fraction of sp³-hybridized carbons (Fsp3) is 0.389. The van der Waals surface area contributed by atoms with E-state index in [1.54, 1.807) is 0 Å². The Morgan fingerprint density at radius 3 is 2.90 bits per heavy atom. The molecule has 3 heteroatoms. The predicted octanol–water partition coefficient (Wildman–Crippen LogP) is 3.93. The number of hydrogen-bond acceptors (Lipinski definition) is 1. The predicted molar refractivity (Wildman–Crippen MR) is 87.4 cm³/mol. The van der Waals surface area contributed by atoms with E-state index in [0.29, 0.717) is 6.04 Å². The number of carbonyl (C=O) groups is 1. The van der Waals surface area contributed by atoms with Crippen molar-refractivity contribution in [3.63, 3.8) is 0 Å². The van der Waals surface area contributed by atoms with E-state index in [4.69, 9.17) is 0 Å². The van der Waals surface area contributed by atoms with Gasteiger partial charge in [-0.05, 0) is 38.3 Å². The van der Waals surface area contributed by atoms with E-state index in [1.807, 2.05) is 29.3 Å².